The molecule has 2 aromatic carbocycles. The highest BCUT2D eigenvalue weighted by Gasteiger charge is 2.20. The van der Waals surface area contributed by atoms with Crippen molar-refractivity contribution in [1.29, 1.82) is 0 Å². The number of hydrogen-bond donors (Lipinski definition) is 0. The zero-order valence-electron chi connectivity index (χ0n) is 14.8. The van der Waals surface area contributed by atoms with Crippen molar-refractivity contribution in [3.8, 4) is 11.1 Å². The first-order chi connectivity index (χ1) is 11.7. The Morgan fingerprint density at radius 1 is 0.750 bits per heavy atom. The molecular weight excluding hydrogens is 312 g/mol. The number of hydrogen-bond acceptors (Lipinski definition) is 0. The molecule has 0 atom stereocenters. The summed E-state index contributed by atoms with van der Waals surface area (Å²) in [6.45, 7) is 2.32. The van der Waals surface area contributed by atoms with Crippen molar-refractivity contribution in [2.24, 2.45) is 11.8 Å². The highest BCUT2D eigenvalue weighted by molar-refractivity contribution is 6.30. The first-order valence-corrected chi connectivity index (χ1v) is 9.97. The quantitative estimate of drug-likeness (QED) is 0.509. The molecule has 0 aromatic heterocycles. The minimum atomic E-state index is 0.795. The third-order valence-electron chi connectivity index (χ3n) is 5.64. The van der Waals surface area contributed by atoms with E-state index in [1.54, 1.807) is 0 Å². The Morgan fingerprint density at radius 2 is 1.25 bits per heavy atom. The Hall–Kier alpha value is -1.27. The van der Waals surface area contributed by atoms with Gasteiger partial charge in [-0.2, -0.15) is 0 Å². The maximum Gasteiger partial charge on any atom is 0.0406 e. The first-order valence-electron chi connectivity index (χ1n) is 9.59. The Balaban J connectivity index is 1.49. The molecule has 0 unspecified atom stereocenters. The largest absolute Gasteiger partial charge is 0.0843 e. The SMILES string of the molecule is CCCC1CCC(CCc2ccc(-c3ccc(Cl)cc3)cc2)CC1. The van der Waals surface area contributed by atoms with Crippen LogP contribution in [0.25, 0.3) is 11.1 Å². The molecule has 0 radical (unpaired) electrons. The molecule has 1 heteroatoms. The lowest BCUT2D eigenvalue weighted by molar-refractivity contribution is 0.252. The lowest BCUT2D eigenvalue weighted by Gasteiger charge is -2.28. The van der Waals surface area contributed by atoms with Gasteiger partial charge in [-0.3, -0.25) is 0 Å². The van der Waals surface area contributed by atoms with E-state index in [4.69, 9.17) is 11.6 Å². The van der Waals surface area contributed by atoms with E-state index in [2.05, 4.69) is 43.3 Å². The predicted molar refractivity (Wildman–Crippen MR) is 106 cm³/mol. The van der Waals surface area contributed by atoms with E-state index in [0.717, 1.165) is 16.9 Å². The van der Waals surface area contributed by atoms with Gasteiger partial charge < -0.3 is 0 Å². The van der Waals surface area contributed by atoms with Gasteiger partial charge in [-0.1, -0.05) is 93.4 Å². The van der Waals surface area contributed by atoms with Crippen LogP contribution in [0.1, 0.15) is 57.4 Å². The van der Waals surface area contributed by atoms with Crippen LogP contribution in [0.15, 0.2) is 48.5 Å². The minimum absolute atomic E-state index is 0.795. The second-order valence-corrected chi connectivity index (χ2v) is 7.85. The van der Waals surface area contributed by atoms with Crippen molar-refractivity contribution in [1.82, 2.24) is 0 Å². The third-order valence-corrected chi connectivity index (χ3v) is 5.89. The second-order valence-electron chi connectivity index (χ2n) is 7.42. The maximum atomic E-state index is 5.97. The van der Waals surface area contributed by atoms with Crippen molar-refractivity contribution < 1.29 is 0 Å². The molecular formula is C23H29Cl. The number of aryl methyl sites for hydroxylation is 1. The van der Waals surface area contributed by atoms with Crippen LogP contribution in [-0.2, 0) is 6.42 Å². The fraction of sp³-hybridized carbons (Fsp3) is 0.478. The zero-order chi connectivity index (χ0) is 16.8. The average Bonchev–Trinajstić information content (AvgIpc) is 2.63. The molecule has 0 heterocycles. The summed E-state index contributed by atoms with van der Waals surface area (Å²) in [6.07, 6.45) is 11.2. The minimum Gasteiger partial charge on any atom is -0.0843 e. The molecule has 0 bridgehead atoms. The molecule has 0 nitrogen and oxygen atoms in total. The molecule has 1 aliphatic carbocycles. The molecule has 0 aliphatic heterocycles. The molecule has 3 rings (SSSR count). The molecule has 1 aliphatic rings. The van der Waals surface area contributed by atoms with E-state index in [1.807, 2.05) is 12.1 Å². The van der Waals surface area contributed by atoms with Gasteiger partial charge in [0.2, 0.25) is 0 Å². The molecule has 128 valence electrons. The molecule has 2 aromatic rings. The van der Waals surface area contributed by atoms with Crippen LogP contribution in [-0.4, -0.2) is 0 Å². The summed E-state index contributed by atoms with van der Waals surface area (Å²) in [5.41, 5.74) is 3.99. The smallest absolute Gasteiger partial charge is 0.0406 e. The van der Waals surface area contributed by atoms with Gasteiger partial charge in [-0.25, -0.2) is 0 Å². The Labute approximate surface area is 152 Å². The molecule has 1 fully saturated rings. The van der Waals surface area contributed by atoms with Crippen LogP contribution < -0.4 is 0 Å². The summed E-state index contributed by atoms with van der Waals surface area (Å²) in [5.74, 6) is 1.97. The zero-order valence-corrected chi connectivity index (χ0v) is 15.6. The van der Waals surface area contributed by atoms with E-state index >= 15 is 0 Å². The molecule has 0 saturated heterocycles. The predicted octanol–water partition coefficient (Wildman–Crippen LogP) is 7.55. The molecule has 0 amide bonds. The van der Waals surface area contributed by atoms with E-state index in [0.29, 0.717) is 0 Å². The fourth-order valence-corrected chi connectivity index (χ4v) is 4.22. The summed E-state index contributed by atoms with van der Waals surface area (Å²) < 4.78 is 0. The summed E-state index contributed by atoms with van der Waals surface area (Å²) in [5, 5.41) is 0.795. The van der Waals surface area contributed by atoms with Crippen LogP contribution in [0.4, 0.5) is 0 Å². The van der Waals surface area contributed by atoms with Gasteiger partial charge in [-0.05, 0) is 53.5 Å². The van der Waals surface area contributed by atoms with Crippen LogP contribution in [0, 0.1) is 11.8 Å². The van der Waals surface area contributed by atoms with Crippen LogP contribution >= 0.6 is 11.6 Å². The summed E-state index contributed by atoms with van der Waals surface area (Å²) in [7, 11) is 0. The van der Waals surface area contributed by atoms with Gasteiger partial charge in [0.1, 0.15) is 0 Å². The average molecular weight is 341 g/mol. The third kappa shape index (κ3) is 4.86. The standard InChI is InChI=1S/C23H29Cl/c1-2-3-18-4-6-19(7-5-18)8-9-20-10-12-21(13-11-20)22-14-16-23(24)17-15-22/h10-19H,2-9H2,1H3. The fourth-order valence-electron chi connectivity index (χ4n) is 4.09. The maximum absolute atomic E-state index is 5.97. The molecule has 1 saturated carbocycles. The first kappa shape index (κ1) is 17.5. The van der Waals surface area contributed by atoms with Gasteiger partial charge in [-0.15, -0.1) is 0 Å². The lowest BCUT2D eigenvalue weighted by atomic mass is 9.78. The normalized spacial score (nSPS) is 20.9. The van der Waals surface area contributed by atoms with Gasteiger partial charge in [0, 0.05) is 5.02 Å². The van der Waals surface area contributed by atoms with E-state index in [-0.39, 0.29) is 0 Å². The van der Waals surface area contributed by atoms with E-state index < -0.39 is 0 Å². The number of rotatable bonds is 6. The molecule has 0 N–H and O–H groups in total. The second kappa shape index (κ2) is 8.72. The highest BCUT2D eigenvalue weighted by Crippen LogP contribution is 2.34. The monoisotopic (exact) mass is 340 g/mol. The lowest BCUT2D eigenvalue weighted by Crippen LogP contribution is -2.15. The van der Waals surface area contributed by atoms with Gasteiger partial charge in [0.05, 0.1) is 0 Å². The van der Waals surface area contributed by atoms with Gasteiger partial charge in [0.15, 0.2) is 0 Å². The Morgan fingerprint density at radius 3 is 1.79 bits per heavy atom. The van der Waals surface area contributed by atoms with Crippen molar-refractivity contribution in [3.05, 3.63) is 59.1 Å². The van der Waals surface area contributed by atoms with Crippen LogP contribution in [0.5, 0.6) is 0 Å². The molecule has 0 spiro atoms. The van der Waals surface area contributed by atoms with Crippen molar-refractivity contribution >= 4 is 11.6 Å². The topological polar surface area (TPSA) is 0 Å². The van der Waals surface area contributed by atoms with E-state index in [9.17, 15) is 0 Å². The Bertz CT molecular complexity index is 603. The van der Waals surface area contributed by atoms with Crippen molar-refractivity contribution in [2.45, 2.75) is 58.3 Å². The van der Waals surface area contributed by atoms with Crippen LogP contribution in [0.2, 0.25) is 5.02 Å². The Kier molecular flexibility index (Phi) is 6.37. The van der Waals surface area contributed by atoms with Gasteiger partial charge >= 0.3 is 0 Å². The van der Waals surface area contributed by atoms with E-state index in [1.165, 1.54) is 68.1 Å². The van der Waals surface area contributed by atoms with Crippen molar-refractivity contribution in [3.63, 3.8) is 0 Å². The summed E-state index contributed by atoms with van der Waals surface area (Å²) in [6, 6.07) is 17.2. The summed E-state index contributed by atoms with van der Waals surface area (Å²) in [4.78, 5) is 0. The highest BCUT2D eigenvalue weighted by atomic mass is 35.5. The number of benzene rings is 2. The number of halogens is 1. The molecule has 24 heavy (non-hydrogen) atoms. The van der Waals surface area contributed by atoms with Gasteiger partial charge in [0.25, 0.3) is 0 Å². The van der Waals surface area contributed by atoms with Crippen LogP contribution in [0.3, 0.4) is 0 Å². The summed E-state index contributed by atoms with van der Waals surface area (Å²) >= 11 is 5.97. The van der Waals surface area contributed by atoms with Crippen molar-refractivity contribution in [2.75, 3.05) is 0 Å².